The van der Waals surface area contributed by atoms with E-state index in [4.69, 9.17) is 10.00 Å². The molecular formula is C29H24N4O4S2. The number of benzene rings is 3. The van der Waals surface area contributed by atoms with Crippen LogP contribution in [-0.2, 0) is 27.8 Å². The van der Waals surface area contributed by atoms with Crippen molar-refractivity contribution in [3.63, 3.8) is 0 Å². The van der Waals surface area contributed by atoms with Crippen LogP contribution in [0.4, 0.5) is 5.69 Å². The Hall–Kier alpha value is -4.46. The Morgan fingerprint density at radius 2 is 1.85 bits per heavy atom. The number of ether oxygens (including phenoxy) is 1. The van der Waals surface area contributed by atoms with E-state index in [2.05, 4.69) is 11.1 Å². The van der Waals surface area contributed by atoms with Gasteiger partial charge in [-0.1, -0.05) is 30.3 Å². The van der Waals surface area contributed by atoms with Gasteiger partial charge in [0.05, 0.1) is 47.4 Å². The van der Waals surface area contributed by atoms with Crippen LogP contribution in [0.15, 0.2) is 96.3 Å². The second kappa shape index (κ2) is 11.1. The lowest BCUT2D eigenvalue weighted by Crippen LogP contribution is -2.31. The topological polar surface area (TPSA) is 105 Å². The molecule has 0 aliphatic carbocycles. The molecule has 39 heavy (non-hydrogen) atoms. The standard InChI is InChI=1S/C29H24N4O4S2/c1-2-37-29(34)28-15-23-14-24(12-13-27(23)38-28)33(39(35,36)26-6-4-3-5-7-26)19-25-17-31-20-32(25)18-22-10-8-21(16-30)9-11-22/h3-15,17,20H,2,18-19H2,1H3. The molecule has 0 saturated carbocycles. The molecule has 0 N–H and O–H groups in total. The molecule has 0 aliphatic heterocycles. The molecule has 0 atom stereocenters. The van der Waals surface area contributed by atoms with E-state index in [1.54, 1.807) is 80.1 Å². The van der Waals surface area contributed by atoms with Crippen LogP contribution in [-0.4, -0.2) is 30.5 Å². The van der Waals surface area contributed by atoms with Gasteiger partial charge in [-0.05, 0) is 66.4 Å². The number of carbonyl (C=O) groups excluding carboxylic acids is 1. The van der Waals surface area contributed by atoms with Crippen LogP contribution >= 0.6 is 11.3 Å². The molecule has 8 nitrogen and oxygen atoms in total. The second-order valence-electron chi connectivity index (χ2n) is 8.70. The summed E-state index contributed by atoms with van der Waals surface area (Å²) in [7, 11) is -3.95. The molecule has 2 aromatic heterocycles. The molecule has 0 amide bonds. The van der Waals surface area contributed by atoms with Crippen molar-refractivity contribution in [3.8, 4) is 6.07 Å². The zero-order valence-corrected chi connectivity index (χ0v) is 22.7. The zero-order valence-electron chi connectivity index (χ0n) is 21.0. The summed E-state index contributed by atoms with van der Waals surface area (Å²) in [4.78, 5) is 17.2. The van der Waals surface area contributed by atoms with Crippen molar-refractivity contribution in [2.24, 2.45) is 0 Å². The first-order chi connectivity index (χ1) is 18.9. The molecule has 2 heterocycles. The lowest BCUT2D eigenvalue weighted by atomic mass is 10.1. The highest BCUT2D eigenvalue weighted by Gasteiger charge is 2.27. The molecule has 0 fully saturated rings. The van der Waals surface area contributed by atoms with Gasteiger partial charge in [-0.3, -0.25) is 4.31 Å². The quantitative estimate of drug-likeness (QED) is 0.219. The summed E-state index contributed by atoms with van der Waals surface area (Å²) in [5, 5.41) is 9.83. The number of rotatable bonds is 9. The van der Waals surface area contributed by atoms with Gasteiger partial charge in [0.1, 0.15) is 4.88 Å². The SMILES string of the molecule is CCOC(=O)c1cc2cc(N(Cc3cncn3Cc3ccc(C#N)cc3)S(=O)(=O)c3ccccc3)ccc2s1. The molecule has 3 aromatic carbocycles. The minimum absolute atomic E-state index is 0.0356. The predicted molar refractivity (Wildman–Crippen MR) is 150 cm³/mol. The number of sulfonamides is 1. The van der Waals surface area contributed by atoms with Crippen molar-refractivity contribution in [1.29, 1.82) is 5.26 Å². The highest BCUT2D eigenvalue weighted by atomic mass is 32.2. The number of anilines is 1. The van der Waals surface area contributed by atoms with Gasteiger partial charge in [-0.15, -0.1) is 11.3 Å². The number of nitriles is 1. The van der Waals surface area contributed by atoms with Gasteiger partial charge >= 0.3 is 5.97 Å². The maximum Gasteiger partial charge on any atom is 0.348 e. The van der Waals surface area contributed by atoms with E-state index in [9.17, 15) is 13.2 Å². The fourth-order valence-electron chi connectivity index (χ4n) is 4.17. The smallest absolute Gasteiger partial charge is 0.348 e. The van der Waals surface area contributed by atoms with Crippen molar-refractivity contribution in [2.75, 3.05) is 10.9 Å². The highest BCUT2D eigenvalue weighted by molar-refractivity contribution is 7.92. The number of imidazole rings is 1. The third kappa shape index (κ3) is 5.55. The number of carbonyl (C=O) groups is 1. The third-order valence-corrected chi connectivity index (χ3v) is 9.02. The second-order valence-corrected chi connectivity index (χ2v) is 11.6. The van der Waals surface area contributed by atoms with Crippen LogP contribution in [0.3, 0.4) is 0 Å². The average Bonchev–Trinajstić information content (AvgIpc) is 3.59. The molecule has 196 valence electrons. The number of thiophene rings is 1. The summed E-state index contributed by atoms with van der Waals surface area (Å²) in [5.74, 6) is -0.402. The van der Waals surface area contributed by atoms with Crippen LogP contribution in [0.2, 0.25) is 0 Å². The Kier molecular flexibility index (Phi) is 7.45. The molecule has 0 saturated heterocycles. The van der Waals surface area contributed by atoms with Crippen LogP contribution < -0.4 is 4.31 Å². The normalized spacial score (nSPS) is 11.3. The molecule has 0 aliphatic rings. The Morgan fingerprint density at radius 1 is 1.08 bits per heavy atom. The highest BCUT2D eigenvalue weighted by Crippen LogP contribution is 2.33. The summed E-state index contributed by atoms with van der Waals surface area (Å²) >= 11 is 1.30. The molecule has 0 spiro atoms. The van der Waals surface area contributed by atoms with E-state index in [-0.39, 0.29) is 18.0 Å². The van der Waals surface area contributed by atoms with Gasteiger partial charge in [0.25, 0.3) is 10.0 Å². The summed E-state index contributed by atoms with van der Waals surface area (Å²) in [5.41, 5.74) is 2.68. The van der Waals surface area contributed by atoms with Crippen molar-refractivity contribution < 1.29 is 17.9 Å². The number of nitrogens with zero attached hydrogens (tertiary/aromatic N) is 4. The number of hydrogen-bond acceptors (Lipinski definition) is 7. The zero-order chi connectivity index (χ0) is 27.4. The van der Waals surface area contributed by atoms with Crippen LogP contribution in [0, 0.1) is 11.3 Å². The Bertz CT molecular complexity index is 1770. The van der Waals surface area contributed by atoms with E-state index >= 15 is 0 Å². The van der Waals surface area contributed by atoms with Crippen molar-refractivity contribution in [2.45, 2.75) is 24.9 Å². The fraction of sp³-hybridized carbons (Fsp3) is 0.138. The van der Waals surface area contributed by atoms with Crippen LogP contribution in [0.1, 0.15) is 33.4 Å². The van der Waals surface area contributed by atoms with Crippen LogP contribution in [0.25, 0.3) is 10.1 Å². The van der Waals surface area contributed by atoms with Gasteiger partial charge in [0.2, 0.25) is 0 Å². The third-order valence-electron chi connectivity index (χ3n) is 6.14. The molecule has 5 rings (SSSR count). The first kappa shape index (κ1) is 26.2. The monoisotopic (exact) mass is 556 g/mol. The number of esters is 1. The van der Waals surface area contributed by atoms with E-state index in [0.717, 1.165) is 15.6 Å². The van der Waals surface area contributed by atoms with Crippen molar-refractivity contribution in [3.05, 3.63) is 113 Å². The molecular weight excluding hydrogens is 532 g/mol. The van der Waals surface area contributed by atoms with E-state index in [1.807, 2.05) is 22.8 Å². The van der Waals surface area contributed by atoms with E-state index in [1.165, 1.54) is 15.6 Å². The minimum atomic E-state index is -3.95. The number of hydrogen-bond donors (Lipinski definition) is 0. The molecule has 5 aromatic rings. The summed E-state index contributed by atoms with van der Waals surface area (Å²) in [6.45, 7) is 2.53. The lowest BCUT2D eigenvalue weighted by molar-refractivity contribution is 0.0532. The van der Waals surface area contributed by atoms with E-state index in [0.29, 0.717) is 28.4 Å². The van der Waals surface area contributed by atoms with Crippen molar-refractivity contribution in [1.82, 2.24) is 9.55 Å². The summed E-state index contributed by atoms with van der Waals surface area (Å²) < 4.78 is 37.1. The van der Waals surface area contributed by atoms with Gasteiger partial charge in [0.15, 0.2) is 0 Å². The van der Waals surface area contributed by atoms with Gasteiger partial charge in [-0.25, -0.2) is 18.2 Å². The Balaban J connectivity index is 1.53. The summed E-state index contributed by atoms with van der Waals surface area (Å²) in [6.07, 6.45) is 3.31. The van der Waals surface area contributed by atoms with Crippen molar-refractivity contribution >= 4 is 43.1 Å². The van der Waals surface area contributed by atoms with Crippen LogP contribution in [0.5, 0.6) is 0 Å². The van der Waals surface area contributed by atoms with Gasteiger partial charge in [-0.2, -0.15) is 5.26 Å². The first-order valence-electron chi connectivity index (χ1n) is 12.2. The first-order valence-corrected chi connectivity index (χ1v) is 14.4. The average molecular weight is 557 g/mol. The molecule has 0 radical (unpaired) electrons. The van der Waals surface area contributed by atoms with Gasteiger partial charge < -0.3 is 9.30 Å². The lowest BCUT2D eigenvalue weighted by Gasteiger charge is -2.25. The summed E-state index contributed by atoms with van der Waals surface area (Å²) in [6, 6.07) is 24.7. The molecule has 10 heteroatoms. The largest absolute Gasteiger partial charge is 0.462 e. The number of fused-ring (bicyclic) bond motifs is 1. The Morgan fingerprint density at radius 3 is 2.56 bits per heavy atom. The predicted octanol–water partition coefficient (Wildman–Crippen LogP) is 5.59. The van der Waals surface area contributed by atoms with Gasteiger partial charge in [0, 0.05) is 17.4 Å². The fourth-order valence-corrected chi connectivity index (χ4v) is 6.56. The van der Waals surface area contributed by atoms with E-state index < -0.39 is 16.0 Å². The minimum Gasteiger partial charge on any atom is -0.462 e. The molecule has 0 bridgehead atoms. The number of aromatic nitrogens is 2. The maximum atomic E-state index is 13.9. The molecule has 0 unspecified atom stereocenters. The Labute approximate surface area is 230 Å². The maximum absolute atomic E-state index is 13.9.